The molecule has 0 unspecified atom stereocenters. The second-order valence-corrected chi connectivity index (χ2v) is 5.98. The highest BCUT2D eigenvalue weighted by molar-refractivity contribution is 7.16. The van der Waals surface area contributed by atoms with E-state index in [1.165, 1.54) is 22.0 Å². The molecule has 1 aromatic carbocycles. The highest BCUT2D eigenvalue weighted by Gasteiger charge is 2.11. The van der Waals surface area contributed by atoms with Gasteiger partial charge in [0.25, 0.3) is 11.5 Å². The van der Waals surface area contributed by atoms with Gasteiger partial charge in [-0.2, -0.15) is 0 Å². The first-order chi connectivity index (χ1) is 11.1. The molecule has 0 spiro atoms. The van der Waals surface area contributed by atoms with Crippen molar-refractivity contribution in [2.24, 2.45) is 0 Å². The van der Waals surface area contributed by atoms with Gasteiger partial charge in [-0.15, -0.1) is 11.3 Å². The zero-order valence-corrected chi connectivity index (χ0v) is 13.0. The van der Waals surface area contributed by atoms with Crippen LogP contribution in [0.5, 0.6) is 0 Å². The number of carbonyl (C=O) groups is 1. The summed E-state index contributed by atoms with van der Waals surface area (Å²) in [4.78, 5) is 27.9. The number of nitrogens with zero attached hydrogens (tertiary/aromatic N) is 2. The van der Waals surface area contributed by atoms with Gasteiger partial charge in [0.2, 0.25) is 0 Å². The molecule has 1 amide bonds. The summed E-state index contributed by atoms with van der Waals surface area (Å²) in [6.07, 6.45) is 0.761. The number of nitrogens with one attached hydrogen (secondary N) is 1. The third-order valence-electron chi connectivity index (χ3n) is 3.40. The number of aliphatic hydroxyl groups excluding tert-OH is 1. The van der Waals surface area contributed by atoms with E-state index in [4.69, 9.17) is 0 Å². The molecule has 0 bridgehead atoms. The van der Waals surface area contributed by atoms with Crippen LogP contribution in [0.25, 0.3) is 10.2 Å². The molecule has 0 aliphatic rings. The Labute approximate surface area is 136 Å². The molecule has 0 fully saturated rings. The number of pyridine rings is 1. The van der Waals surface area contributed by atoms with Crippen LogP contribution < -0.4 is 10.9 Å². The Bertz CT molecular complexity index is 887. The molecule has 0 saturated carbocycles. The van der Waals surface area contributed by atoms with Gasteiger partial charge in [0.05, 0.1) is 28.4 Å². The van der Waals surface area contributed by atoms with Crippen LogP contribution in [0.2, 0.25) is 0 Å². The topological polar surface area (TPSA) is 84.2 Å². The number of carbonyl (C=O) groups excluding carboxylic acids is 1. The first-order valence-corrected chi connectivity index (χ1v) is 7.96. The number of amides is 1. The van der Waals surface area contributed by atoms with Gasteiger partial charge in [0.1, 0.15) is 0 Å². The SMILES string of the molecule is O=C(NC[C@@H](O)Cn1ccccc1=O)c1ccc2ncsc2c1. The Hall–Kier alpha value is -2.51. The summed E-state index contributed by atoms with van der Waals surface area (Å²) >= 11 is 1.47. The number of hydrogen-bond donors (Lipinski definition) is 2. The summed E-state index contributed by atoms with van der Waals surface area (Å²) < 4.78 is 2.34. The molecule has 0 aliphatic heterocycles. The lowest BCUT2D eigenvalue weighted by atomic mass is 10.2. The predicted molar refractivity (Wildman–Crippen MR) is 88.7 cm³/mol. The zero-order chi connectivity index (χ0) is 16.2. The fourth-order valence-electron chi connectivity index (χ4n) is 2.21. The third kappa shape index (κ3) is 3.64. The van der Waals surface area contributed by atoms with Crippen LogP contribution in [0.4, 0.5) is 0 Å². The molecule has 1 atom stereocenters. The number of rotatable bonds is 5. The zero-order valence-electron chi connectivity index (χ0n) is 12.2. The van der Waals surface area contributed by atoms with Crippen LogP contribution in [0, 0.1) is 0 Å². The van der Waals surface area contributed by atoms with E-state index in [0.29, 0.717) is 5.56 Å². The summed E-state index contributed by atoms with van der Waals surface area (Å²) in [5, 5.41) is 12.7. The Morgan fingerprint density at radius 3 is 3.04 bits per heavy atom. The fraction of sp³-hybridized carbons (Fsp3) is 0.188. The van der Waals surface area contributed by atoms with E-state index in [9.17, 15) is 14.7 Å². The van der Waals surface area contributed by atoms with Crippen LogP contribution in [-0.2, 0) is 6.54 Å². The van der Waals surface area contributed by atoms with Gasteiger partial charge in [-0.3, -0.25) is 9.59 Å². The number of aliphatic hydroxyl groups is 1. The summed E-state index contributed by atoms with van der Waals surface area (Å²) in [5.41, 5.74) is 2.92. The van der Waals surface area contributed by atoms with E-state index in [0.717, 1.165) is 10.2 Å². The maximum Gasteiger partial charge on any atom is 0.251 e. The molecule has 118 valence electrons. The quantitative estimate of drug-likeness (QED) is 0.738. The summed E-state index contributed by atoms with van der Waals surface area (Å²) in [6.45, 7) is 0.203. The van der Waals surface area contributed by atoms with Crippen molar-refractivity contribution in [3.8, 4) is 0 Å². The van der Waals surface area contributed by atoms with Crippen molar-refractivity contribution in [1.82, 2.24) is 14.9 Å². The average molecular weight is 329 g/mol. The summed E-state index contributed by atoms with van der Waals surface area (Å²) in [6, 6.07) is 10.1. The molecule has 7 heteroatoms. The molecule has 2 aromatic heterocycles. The van der Waals surface area contributed by atoms with Crippen molar-refractivity contribution >= 4 is 27.5 Å². The molecule has 3 aromatic rings. The molecule has 6 nitrogen and oxygen atoms in total. The Morgan fingerprint density at radius 1 is 1.35 bits per heavy atom. The molecule has 23 heavy (non-hydrogen) atoms. The van der Waals surface area contributed by atoms with Crippen molar-refractivity contribution in [3.63, 3.8) is 0 Å². The number of thiazole rings is 1. The lowest BCUT2D eigenvalue weighted by molar-refractivity contribution is 0.0903. The second kappa shape index (κ2) is 6.72. The van der Waals surface area contributed by atoms with Crippen molar-refractivity contribution < 1.29 is 9.90 Å². The first kappa shape index (κ1) is 15.4. The highest BCUT2D eigenvalue weighted by Crippen LogP contribution is 2.18. The molecule has 0 radical (unpaired) electrons. The van der Waals surface area contributed by atoms with Gasteiger partial charge in [-0.1, -0.05) is 6.07 Å². The van der Waals surface area contributed by atoms with Crippen LogP contribution >= 0.6 is 11.3 Å². The summed E-state index contributed by atoms with van der Waals surface area (Å²) in [5.74, 6) is -0.264. The molecular formula is C16H15N3O3S. The summed E-state index contributed by atoms with van der Waals surface area (Å²) in [7, 11) is 0. The minimum atomic E-state index is -0.841. The third-order valence-corrected chi connectivity index (χ3v) is 4.19. The van der Waals surface area contributed by atoms with Crippen LogP contribution in [0.1, 0.15) is 10.4 Å². The largest absolute Gasteiger partial charge is 0.389 e. The van der Waals surface area contributed by atoms with Gasteiger partial charge < -0.3 is 15.0 Å². The number of hydrogen-bond acceptors (Lipinski definition) is 5. The first-order valence-electron chi connectivity index (χ1n) is 7.08. The van der Waals surface area contributed by atoms with Crippen molar-refractivity contribution in [1.29, 1.82) is 0 Å². The predicted octanol–water partition coefficient (Wildman–Crippen LogP) is 1.25. The van der Waals surface area contributed by atoms with Gasteiger partial charge in [-0.25, -0.2) is 4.98 Å². The minimum absolute atomic E-state index is 0.0703. The van der Waals surface area contributed by atoms with Gasteiger partial charge in [0, 0.05) is 24.4 Å². The van der Waals surface area contributed by atoms with Gasteiger partial charge in [-0.05, 0) is 24.3 Å². The van der Waals surface area contributed by atoms with Crippen LogP contribution in [0.3, 0.4) is 0 Å². The highest BCUT2D eigenvalue weighted by atomic mass is 32.1. The Kier molecular flexibility index (Phi) is 4.50. The number of benzene rings is 1. The molecule has 2 N–H and O–H groups in total. The minimum Gasteiger partial charge on any atom is -0.389 e. The van der Waals surface area contributed by atoms with E-state index in [1.807, 2.05) is 0 Å². The van der Waals surface area contributed by atoms with E-state index in [-0.39, 0.29) is 24.6 Å². The lowest BCUT2D eigenvalue weighted by Crippen LogP contribution is -2.36. The standard InChI is InChI=1S/C16H15N3O3S/c20-12(9-19-6-2-1-3-15(19)21)8-17-16(22)11-4-5-13-14(7-11)23-10-18-13/h1-7,10,12,20H,8-9H2,(H,17,22)/t12-/m1/s1. The van der Waals surface area contributed by atoms with E-state index >= 15 is 0 Å². The van der Waals surface area contributed by atoms with E-state index in [2.05, 4.69) is 10.3 Å². The fourth-order valence-corrected chi connectivity index (χ4v) is 2.93. The molecule has 3 rings (SSSR count). The average Bonchev–Trinajstić information content (AvgIpc) is 3.02. The maximum atomic E-state index is 12.1. The Morgan fingerprint density at radius 2 is 2.22 bits per heavy atom. The van der Waals surface area contributed by atoms with Crippen molar-refractivity contribution in [2.75, 3.05) is 6.54 Å². The molecule has 2 heterocycles. The van der Waals surface area contributed by atoms with E-state index < -0.39 is 6.10 Å². The van der Waals surface area contributed by atoms with Crippen LogP contribution in [-0.4, -0.2) is 33.2 Å². The number of aromatic nitrogens is 2. The van der Waals surface area contributed by atoms with E-state index in [1.54, 1.807) is 42.0 Å². The molecular weight excluding hydrogens is 314 g/mol. The van der Waals surface area contributed by atoms with Crippen LogP contribution in [0.15, 0.2) is 52.9 Å². The van der Waals surface area contributed by atoms with Crippen molar-refractivity contribution in [2.45, 2.75) is 12.6 Å². The maximum absolute atomic E-state index is 12.1. The second-order valence-electron chi connectivity index (χ2n) is 5.09. The Balaban J connectivity index is 1.59. The number of fused-ring (bicyclic) bond motifs is 1. The van der Waals surface area contributed by atoms with Crippen molar-refractivity contribution in [3.05, 3.63) is 64.0 Å². The smallest absolute Gasteiger partial charge is 0.251 e. The molecule has 0 aliphatic carbocycles. The molecule has 0 saturated heterocycles. The lowest BCUT2D eigenvalue weighted by Gasteiger charge is -2.13. The van der Waals surface area contributed by atoms with Gasteiger partial charge in [0.15, 0.2) is 0 Å². The van der Waals surface area contributed by atoms with Gasteiger partial charge >= 0.3 is 0 Å². The normalized spacial score (nSPS) is 12.2. The monoisotopic (exact) mass is 329 g/mol.